The third-order valence-electron chi connectivity index (χ3n) is 9.00. The Balaban J connectivity index is 1.35. The molecule has 2 amide bonds. The molecule has 0 spiro atoms. The number of aryl methyl sites for hydroxylation is 1. The normalized spacial score (nSPS) is 15.4. The van der Waals surface area contributed by atoms with E-state index in [4.69, 9.17) is 16.6 Å². The molecule has 2 N–H and O–H groups in total. The number of aromatic hydroxyl groups is 1. The Morgan fingerprint density at radius 3 is 2.38 bits per heavy atom. The van der Waals surface area contributed by atoms with Crippen molar-refractivity contribution in [2.75, 3.05) is 54.4 Å². The van der Waals surface area contributed by atoms with Gasteiger partial charge in [0.05, 0.1) is 28.2 Å². The lowest BCUT2D eigenvalue weighted by Gasteiger charge is -2.37. The first-order chi connectivity index (χ1) is 23.9. The molecule has 2 aliphatic heterocycles. The number of anilines is 3. The van der Waals surface area contributed by atoms with Crippen molar-refractivity contribution in [1.82, 2.24) is 29.4 Å². The van der Waals surface area contributed by atoms with E-state index in [2.05, 4.69) is 25.2 Å². The van der Waals surface area contributed by atoms with Gasteiger partial charge in [0.2, 0.25) is 11.3 Å². The Hall–Kier alpha value is -4.99. The minimum Gasteiger partial charge on any atom is -0.504 e. The lowest BCUT2D eigenvalue weighted by molar-refractivity contribution is -0.137. The number of aromatic nitrogens is 5. The Morgan fingerprint density at radius 1 is 1.00 bits per heavy atom. The van der Waals surface area contributed by atoms with Crippen LogP contribution in [0.5, 0.6) is 5.75 Å². The first-order valence-electron chi connectivity index (χ1n) is 16.3. The van der Waals surface area contributed by atoms with Crippen molar-refractivity contribution in [3.63, 3.8) is 0 Å². The molecule has 0 unspecified atom stereocenters. The van der Waals surface area contributed by atoms with Gasteiger partial charge in [0.1, 0.15) is 24.4 Å². The molecule has 0 radical (unpaired) electrons. The van der Waals surface area contributed by atoms with E-state index in [1.165, 1.54) is 6.33 Å². The Labute approximate surface area is 289 Å². The number of hydrogen-bond acceptors (Lipinski definition) is 10. The molecule has 0 atom stereocenters. The van der Waals surface area contributed by atoms with Crippen LogP contribution in [0.3, 0.4) is 0 Å². The molecule has 2 fully saturated rings. The van der Waals surface area contributed by atoms with Gasteiger partial charge < -0.3 is 29.7 Å². The van der Waals surface area contributed by atoms with Gasteiger partial charge in [-0.05, 0) is 50.8 Å². The summed E-state index contributed by atoms with van der Waals surface area (Å²) in [7, 11) is 0. The zero-order chi connectivity index (χ0) is 35.7. The minimum atomic E-state index is -4.60. The number of fused-ring (bicyclic) bond motifs is 1. The first kappa shape index (κ1) is 34.9. The van der Waals surface area contributed by atoms with E-state index in [-0.39, 0.29) is 77.2 Å². The number of nitrogens with one attached hydrogen (secondary N) is 1. The predicted octanol–water partition coefficient (Wildman–Crippen LogP) is 4.42. The van der Waals surface area contributed by atoms with Gasteiger partial charge in [-0.2, -0.15) is 13.2 Å². The smallest absolute Gasteiger partial charge is 0.416 e. The van der Waals surface area contributed by atoms with E-state index in [1.54, 1.807) is 22.6 Å². The number of benzene rings is 1. The van der Waals surface area contributed by atoms with E-state index >= 15 is 0 Å². The quantitative estimate of drug-likeness (QED) is 0.282. The molecule has 2 aliphatic rings. The number of piperazine rings is 1. The average molecular weight is 714 g/mol. The highest BCUT2D eigenvalue weighted by molar-refractivity contribution is 6.33. The zero-order valence-corrected chi connectivity index (χ0v) is 28.2. The standard InChI is InChI=1S/C33H35ClF3N9O4/c1-3-23-28(44-11-13-45(14-12-44)32(50)27-29(48)19(2)39-18-40-27)30(49)26-31(38-16-24(42-26)43-9-5-4-6-10-43)46(23)17-25(47)41-22-8-7-20(15-21(22)34)33(35,36)37/h7-8,15-16,18,48H,3-6,9-14,17H2,1-2H3,(H,41,47). The largest absolute Gasteiger partial charge is 0.504 e. The second-order valence-corrected chi connectivity index (χ2v) is 12.6. The molecule has 0 bridgehead atoms. The zero-order valence-electron chi connectivity index (χ0n) is 27.4. The number of halogens is 4. The average Bonchev–Trinajstić information content (AvgIpc) is 3.11. The molecule has 0 aliphatic carbocycles. The van der Waals surface area contributed by atoms with Crippen LogP contribution in [-0.4, -0.2) is 85.6 Å². The van der Waals surface area contributed by atoms with E-state index in [0.29, 0.717) is 23.6 Å². The van der Waals surface area contributed by atoms with E-state index < -0.39 is 23.6 Å². The second-order valence-electron chi connectivity index (χ2n) is 12.2. The third-order valence-corrected chi connectivity index (χ3v) is 9.32. The molecule has 264 valence electrons. The minimum absolute atomic E-state index is 0.00235. The van der Waals surface area contributed by atoms with Gasteiger partial charge in [-0.1, -0.05) is 18.5 Å². The number of carbonyl (C=O) groups excluding carboxylic acids is 2. The Morgan fingerprint density at radius 2 is 1.72 bits per heavy atom. The SMILES string of the molecule is CCc1c(N2CCN(C(=O)c3ncnc(C)c3O)CC2)c(=O)c2nc(N3CCCCC3)cnc2n1CC(=O)Nc1ccc(C(F)(F)F)cc1Cl. The van der Waals surface area contributed by atoms with Crippen LogP contribution in [0.1, 0.15) is 53.6 Å². The fourth-order valence-corrected chi connectivity index (χ4v) is 6.61. The summed E-state index contributed by atoms with van der Waals surface area (Å²) in [6, 6.07) is 2.66. The number of amides is 2. The Kier molecular flexibility index (Phi) is 9.82. The highest BCUT2D eigenvalue weighted by Gasteiger charge is 2.32. The summed E-state index contributed by atoms with van der Waals surface area (Å²) >= 11 is 6.12. The van der Waals surface area contributed by atoms with Crippen molar-refractivity contribution in [3.8, 4) is 5.75 Å². The fraction of sp³-hybridized carbons (Fsp3) is 0.424. The van der Waals surface area contributed by atoms with Crippen molar-refractivity contribution in [3.05, 3.63) is 68.6 Å². The fourth-order valence-electron chi connectivity index (χ4n) is 6.38. The van der Waals surface area contributed by atoms with Crippen LogP contribution in [0.2, 0.25) is 5.02 Å². The monoisotopic (exact) mass is 713 g/mol. The summed E-state index contributed by atoms with van der Waals surface area (Å²) in [4.78, 5) is 63.8. The summed E-state index contributed by atoms with van der Waals surface area (Å²) in [5.41, 5.74) is -0.0662. The number of piperidine rings is 1. The van der Waals surface area contributed by atoms with Gasteiger partial charge in [0.25, 0.3) is 5.91 Å². The van der Waals surface area contributed by atoms with Gasteiger partial charge in [0.15, 0.2) is 22.6 Å². The molecule has 2 saturated heterocycles. The van der Waals surface area contributed by atoms with Crippen molar-refractivity contribution >= 4 is 51.8 Å². The molecule has 1 aromatic carbocycles. The topological polar surface area (TPSA) is 150 Å². The molecule has 50 heavy (non-hydrogen) atoms. The van der Waals surface area contributed by atoms with Crippen LogP contribution in [0.15, 0.2) is 35.5 Å². The van der Waals surface area contributed by atoms with Gasteiger partial charge in [0, 0.05) is 45.0 Å². The van der Waals surface area contributed by atoms with E-state index in [9.17, 15) is 32.7 Å². The van der Waals surface area contributed by atoms with Crippen LogP contribution in [-0.2, 0) is 23.9 Å². The summed E-state index contributed by atoms with van der Waals surface area (Å²) in [5.74, 6) is -0.804. The van der Waals surface area contributed by atoms with Crippen molar-refractivity contribution < 1.29 is 27.9 Å². The maximum absolute atomic E-state index is 14.3. The molecule has 6 rings (SSSR count). The molecule has 13 nitrogen and oxygen atoms in total. The summed E-state index contributed by atoms with van der Waals surface area (Å²) in [6.45, 7) is 5.55. The molecule has 5 heterocycles. The number of nitrogens with zero attached hydrogens (tertiary/aromatic N) is 8. The molecule has 3 aromatic heterocycles. The molecule has 17 heteroatoms. The molecular weight excluding hydrogens is 679 g/mol. The van der Waals surface area contributed by atoms with Crippen LogP contribution in [0.4, 0.5) is 30.4 Å². The number of hydrogen-bond donors (Lipinski definition) is 2. The summed E-state index contributed by atoms with van der Waals surface area (Å²) < 4.78 is 41.2. The van der Waals surface area contributed by atoms with Gasteiger partial charge in [-0.15, -0.1) is 0 Å². The number of pyridine rings is 1. The highest BCUT2D eigenvalue weighted by Crippen LogP contribution is 2.34. The lowest BCUT2D eigenvalue weighted by atomic mass is 10.1. The van der Waals surface area contributed by atoms with Crippen LogP contribution < -0.4 is 20.5 Å². The van der Waals surface area contributed by atoms with E-state index in [1.807, 2.05) is 11.8 Å². The second kappa shape index (κ2) is 14.1. The Bertz CT molecular complexity index is 2010. The van der Waals surface area contributed by atoms with Crippen molar-refractivity contribution in [2.24, 2.45) is 0 Å². The van der Waals surface area contributed by atoms with Crippen LogP contribution >= 0.6 is 11.6 Å². The third kappa shape index (κ3) is 6.88. The molecular formula is C33H35ClF3N9O4. The van der Waals surface area contributed by atoms with Gasteiger partial charge in [-0.25, -0.2) is 19.9 Å². The first-order valence-corrected chi connectivity index (χ1v) is 16.6. The summed E-state index contributed by atoms with van der Waals surface area (Å²) in [5, 5.41) is 12.7. The van der Waals surface area contributed by atoms with Crippen molar-refractivity contribution in [2.45, 2.75) is 52.3 Å². The number of alkyl halides is 3. The predicted molar refractivity (Wildman–Crippen MR) is 181 cm³/mol. The number of rotatable bonds is 7. The van der Waals surface area contributed by atoms with Crippen LogP contribution in [0, 0.1) is 6.92 Å². The maximum Gasteiger partial charge on any atom is 0.416 e. The molecule has 4 aromatic rings. The van der Waals surface area contributed by atoms with Gasteiger partial charge in [-0.3, -0.25) is 14.4 Å². The highest BCUT2D eigenvalue weighted by atomic mass is 35.5. The van der Waals surface area contributed by atoms with Crippen LogP contribution in [0.25, 0.3) is 11.2 Å². The lowest BCUT2D eigenvalue weighted by Crippen LogP contribution is -2.50. The van der Waals surface area contributed by atoms with Gasteiger partial charge >= 0.3 is 6.18 Å². The van der Waals surface area contributed by atoms with Crippen molar-refractivity contribution in [1.29, 1.82) is 0 Å². The van der Waals surface area contributed by atoms with E-state index in [0.717, 1.165) is 50.6 Å². The maximum atomic E-state index is 14.3. The molecule has 0 saturated carbocycles. The summed E-state index contributed by atoms with van der Waals surface area (Å²) in [6.07, 6.45) is 1.56. The number of carbonyl (C=O) groups is 2.